The lowest BCUT2D eigenvalue weighted by atomic mass is 9.70. The van der Waals surface area contributed by atoms with Gasteiger partial charge in [0.25, 0.3) is 0 Å². The molecule has 2 bridgehead atoms. The molecule has 3 aliphatic rings. The second-order valence-electron chi connectivity index (χ2n) is 4.40. The average Bonchev–Trinajstić information content (AvgIpc) is 2.58. The summed E-state index contributed by atoms with van der Waals surface area (Å²) in [5.41, 5.74) is 0.332. The normalized spacial score (nSPS) is 41.0. The fourth-order valence-electron chi connectivity index (χ4n) is 2.58. The molecule has 2 heterocycles. The van der Waals surface area contributed by atoms with E-state index in [1.165, 1.54) is 25.7 Å². The molecule has 1 unspecified atom stereocenters. The van der Waals surface area contributed by atoms with Crippen LogP contribution in [0.25, 0.3) is 0 Å². The Labute approximate surface area is 83.0 Å². The van der Waals surface area contributed by atoms with E-state index < -0.39 is 0 Å². The molecule has 2 heteroatoms. The summed E-state index contributed by atoms with van der Waals surface area (Å²) in [6.07, 6.45) is 5.25. The monoisotopic (exact) mass is 232 g/mol. The number of hydrogen-bond donors (Lipinski definition) is 0. The van der Waals surface area contributed by atoms with Gasteiger partial charge >= 0.3 is 0 Å². The molecular formula is C10H17BrO. The number of rotatable bonds is 4. The third kappa shape index (κ3) is 1.44. The Morgan fingerprint density at radius 3 is 2.75 bits per heavy atom. The van der Waals surface area contributed by atoms with Crippen molar-refractivity contribution in [2.45, 2.75) is 38.2 Å². The first-order valence-electron chi connectivity index (χ1n) is 4.98. The highest BCUT2D eigenvalue weighted by atomic mass is 79.9. The summed E-state index contributed by atoms with van der Waals surface area (Å²) in [5.74, 6) is 1.74. The van der Waals surface area contributed by atoms with Crippen LogP contribution in [0.4, 0.5) is 0 Å². The van der Waals surface area contributed by atoms with Gasteiger partial charge in [-0.1, -0.05) is 29.3 Å². The average molecular weight is 233 g/mol. The SMILES string of the molecule is CCC(CBr)CC12CC(CO1)C2. The van der Waals surface area contributed by atoms with E-state index in [9.17, 15) is 0 Å². The van der Waals surface area contributed by atoms with E-state index in [1.807, 2.05) is 0 Å². The number of fused-ring (bicyclic) bond motifs is 1. The van der Waals surface area contributed by atoms with E-state index >= 15 is 0 Å². The van der Waals surface area contributed by atoms with Gasteiger partial charge in [0.1, 0.15) is 0 Å². The summed E-state index contributed by atoms with van der Waals surface area (Å²) in [4.78, 5) is 0. The third-order valence-corrected chi connectivity index (χ3v) is 4.32. The van der Waals surface area contributed by atoms with Gasteiger partial charge < -0.3 is 4.74 Å². The lowest BCUT2D eigenvalue weighted by Crippen LogP contribution is -2.38. The second kappa shape index (κ2) is 3.30. The zero-order valence-corrected chi connectivity index (χ0v) is 9.27. The highest BCUT2D eigenvalue weighted by molar-refractivity contribution is 9.09. The van der Waals surface area contributed by atoms with E-state index in [0.29, 0.717) is 5.60 Å². The molecular weight excluding hydrogens is 216 g/mol. The molecule has 3 fully saturated rings. The minimum absolute atomic E-state index is 0.332. The van der Waals surface area contributed by atoms with Gasteiger partial charge in [-0.25, -0.2) is 0 Å². The largest absolute Gasteiger partial charge is 0.375 e. The van der Waals surface area contributed by atoms with Gasteiger partial charge in [0.05, 0.1) is 12.2 Å². The predicted molar refractivity (Wildman–Crippen MR) is 53.6 cm³/mol. The fraction of sp³-hybridized carbons (Fsp3) is 1.00. The van der Waals surface area contributed by atoms with Crippen LogP contribution in [0, 0.1) is 11.8 Å². The van der Waals surface area contributed by atoms with Crippen molar-refractivity contribution in [1.29, 1.82) is 0 Å². The Morgan fingerprint density at radius 2 is 2.33 bits per heavy atom. The standard InChI is InChI=1S/C10H17BrO/c1-2-8(6-11)3-10-4-9(5-10)7-12-10/h8-9H,2-7H2,1H3. The summed E-state index contributed by atoms with van der Waals surface area (Å²) < 4.78 is 5.83. The zero-order chi connectivity index (χ0) is 8.60. The Kier molecular flexibility index (Phi) is 2.48. The van der Waals surface area contributed by atoms with Crippen molar-refractivity contribution >= 4 is 15.9 Å². The third-order valence-electron chi connectivity index (χ3n) is 3.40. The van der Waals surface area contributed by atoms with Gasteiger partial charge in [0.15, 0.2) is 0 Å². The topological polar surface area (TPSA) is 9.23 Å². The van der Waals surface area contributed by atoms with Gasteiger partial charge in [0, 0.05) is 5.33 Å². The molecule has 0 radical (unpaired) electrons. The van der Waals surface area contributed by atoms with E-state index in [4.69, 9.17) is 4.74 Å². The number of ether oxygens (including phenoxy) is 1. The fourth-order valence-corrected chi connectivity index (χ4v) is 3.27. The molecule has 0 aromatic carbocycles. The molecule has 0 amide bonds. The first kappa shape index (κ1) is 9.01. The second-order valence-corrected chi connectivity index (χ2v) is 5.05. The van der Waals surface area contributed by atoms with Crippen molar-refractivity contribution in [2.75, 3.05) is 11.9 Å². The van der Waals surface area contributed by atoms with Gasteiger partial charge in [-0.05, 0) is 31.1 Å². The number of hydrogen-bond acceptors (Lipinski definition) is 1. The van der Waals surface area contributed by atoms with Crippen molar-refractivity contribution < 1.29 is 4.74 Å². The maximum atomic E-state index is 5.83. The van der Waals surface area contributed by atoms with E-state index in [1.54, 1.807) is 0 Å². The molecule has 0 aromatic rings. The predicted octanol–water partition coefficient (Wildman–Crippen LogP) is 2.98. The zero-order valence-electron chi connectivity index (χ0n) is 7.68. The minimum atomic E-state index is 0.332. The summed E-state index contributed by atoms with van der Waals surface area (Å²) in [7, 11) is 0. The highest BCUT2D eigenvalue weighted by Gasteiger charge is 2.52. The van der Waals surface area contributed by atoms with Crippen LogP contribution in [-0.4, -0.2) is 17.5 Å². The number of alkyl halides is 1. The van der Waals surface area contributed by atoms with Gasteiger partial charge in [-0.3, -0.25) is 0 Å². The van der Waals surface area contributed by atoms with Crippen LogP contribution in [0.1, 0.15) is 32.6 Å². The Bertz CT molecular complexity index is 154. The van der Waals surface area contributed by atoms with Crippen molar-refractivity contribution in [2.24, 2.45) is 11.8 Å². The highest BCUT2D eigenvalue weighted by Crippen LogP contribution is 2.51. The van der Waals surface area contributed by atoms with Crippen LogP contribution in [0.3, 0.4) is 0 Å². The Balaban J connectivity index is 1.85. The summed E-state index contributed by atoms with van der Waals surface area (Å²) in [6, 6.07) is 0. The lowest BCUT2D eigenvalue weighted by molar-refractivity contribution is -0.0175. The van der Waals surface area contributed by atoms with Gasteiger partial charge in [-0.15, -0.1) is 0 Å². The molecule has 70 valence electrons. The quantitative estimate of drug-likeness (QED) is 0.678. The molecule has 0 N–H and O–H groups in total. The van der Waals surface area contributed by atoms with E-state index in [2.05, 4.69) is 22.9 Å². The molecule has 2 aliphatic heterocycles. The van der Waals surface area contributed by atoms with Crippen molar-refractivity contribution in [3.8, 4) is 0 Å². The molecule has 1 aliphatic carbocycles. The van der Waals surface area contributed by atoms with Crippen molar-refractivity contribution in [3.05, 3.63) is 0 Å². The van der Waals surface area contributed by atoms with Crippen LogP contribution in [-0.2, 0) is 4.74 Å². The van der Waals surface area contributed by atoms with Gasteiger partial charge in [-0.2, -0.15) is 0 Å². The van der Waals surface area contributed by atoms with E-state index in [0.717, 1.165) is 23.8 Å². The maximum Gasteiger partial charge on any atom is 0.0692 e. The van der Waals surface area contributed by atoms with Gasteiger partial charge in [0.2, 0.25) is 0 Å². The summed E-state index contributed by atoms with van der Waals surface area (Å²) >= 11 is 3.57. The van der Waals surface area contributed by atoms with Crippen LogP contribution in [0.15, 0.2) is 0 Å². The molecule has 3 rings (SSSR count). The Morgan fingerprint density at radius 1 is 1.58 bits per heavy atom. The first-order chi connectivity index (χ1) is 5.78. The lowest BCUT2D eigenvalue weighted by Gasteiger charge is -2.38. The molecule has 0 spiro atoms. The van der Waals surface area contributed by atoms with Crippen LogP contribution in [0.5, 0.6) is 0 Å². The van der Waals surface area contributed by atoms with Crippen LogP contribution in [0.2, 0.25) is 0 Å². The number of halogens is 1. The summed E-state index contributed by atoms with van der Waals surface area (Å²) in [5, 5.41) is 1.14. The minimum Gasteiger partial charge on any atom is -0.375 e. The Hall–Kier alpha value is 0.440. The maximum absolute atomic E-state index is 5.83. The molecule has 1 saturated carbocycles. The van der Waals surface area contributed by atoms with Crippen molar-refractivity contribution in [1.82, 2.24) is 0 Å². The smallest absolute Gasteiger partial charge is 0.0692 e. The molecule has 1 atom stereocenters. The van der Waals surface area contributed by atoms with Crippen LogP contribution < -0.4 is 0 Å². The van der Waals surface area contributed by atoms with Crippen molar-refractivity contribution in [3.63, 3.8) is 0 Å². The summed E-state index contributed by atoms with van der Waals surface area (Å²) in [6.45, 7) is 3.31. The molecule has 0 aromatic heterocycles. The molecule has 1 nitrogen and oxygen atoms in total. The van der Waals surface area contributed by atoms with Crippen LogP contribution >= 0.6 is 15.9 Å². The first-order valence-corrected chi connectivity index (χ1v) is 6.10. The molecule has 12 heavy (non-hydrogen) atoms. The van der Waals surface area contributed by atoms with E-state index in [-0.39, 0.29) is 0 Å². The molecule has 2 saturated heterocycles.